The van der Waals surface area contributed by atoms with Gasteiger partial charge in [0.2, 0.25) is 0 Å². The molecule has 98 valence electrons. The lowest BCUT2D eigenvalue weighted by atomic mass is 10.2. The second-order valence-corrected chi connectivity index (χ2v) is 4.62. The third-order valence-corrected chi connectivity index (χ3v) is 3.23. The van der Waals surface area contributed by atoms with Gasteiger partial charge in [-0.15, -0.1) is 0 Å². The summed E-state index contributed by atoms with van der Waals surface area (Å²) in [6, 6.07) is 3.10. The van der Waals surface area contributed by atoms with E-state index in [-0.39, 0.29) is 16.5 Å². The van der Waals surface area contributed by atoms with Crippen molar-refractivity contribution in [2.75, 3.05) is 26.3 Å². The molecule has 1 aromatic heterocycles. The summed E-state index contributed by atoms with van der Waals surface area (Å²) in [6.45, 7) is 1.91. The van der Waals surface area contributed by atoms with Gasteiger partial charge < -0.3 is 9.64 Å². The van der Waals surface area contributed by atoms with E-state index in [2.05, 4.69) is 4.98 Å². The summed E-state index contributed by atoms with van der Waals surface area (Å²) in [5.74, 6) is -2.86. The summed E-state index contributed by atoms with van der Waals surface area (Å²) in [7, 11) is 0. The molecule has 0 atom stereocenters. The van der Waals surface area contributed by atoms with Crippen LogP contribution in [-0.2, 0) is 4.74 Å². The third kappa shape index (κ3) is 3.17. The Balaban J connectivity index is 2.18. The van der Waals surface area contributed by atoms with Crippen molar-refractivity contribution in [3.63, 3.8) is 0 Å². The topological polar surface area (TPSA) is 42.4 Å². The molecule has 1 saturated heterocycles. The highest BCUT2D eigenvalue weighted by atomic mass is 32.2. The van der Waals surface area contributed by atoms with Gasteiger partial charge in [0.1, 0.15) is 5.03 Å². The van der Waals surface area contributed by atoms with E-state index in [0.29, 0.717) is 38.1 Å². The Morgan fingerprint density at radius 3 is 2.83 bits per heavy atom. The first-order valence-electron chi connectivity index (χ1n) is 5.45. The number of aromatic nitrogens is 1. The maximum Gasteiger partial charge on any atom is 0.290 e. The molecule has 0 saturated carbocycles. The van der Waals surface area contributed by atoms with Crippen LogP contribution >= 0.6 is 11.8 Å². The van der Waals surface area contributed by atoms with Crippen LogP contribution in [-0.4, -0.2) is 47.9 Å². The molecule has 2 heterocycles. The lowest BCUT2D eigenvalue weighted by Gasteiger charge is -2.27. The van der Waals surface area contributed by atoms with Crippen LogP contribution in [0.15, 0.2) is 23.4 Å². The van der Waals surface area contributed by atoms with Crippen molar-refractivity contribution in [1.29, 1.82) is 0 Å². The number of halogens is 2. The minimum absolute atomic E-state index is 0.0731. The van der Waals surface area contributed by atoms with Crippen molar-refractivity contribution < 1.29 is 18.3 Å². The Morgan fingerprint density at radius 2 is 2.17 bits per heavy atom. The number of alkyl halides is 2. The average molecular weight is 274 g/mol. The number of hydrogen-bond acceptors (Lipinski definition) is 4. The number of rotatable bonds is 3. The van der Waals surface area contributed by atoms with E-state index in [0.717, 1.165) is 0 Å². The number of carbonyl (C=O) groups is 1. The fourth-order valence-corrected chi connectivity index (χ4v) is 2.24. The van der Waals surface area contributed by atoms with E-state index >= 15 is 0 Å². The van der Waals surface area contributed by atoms with Crippen LogP contribution in [0.5, 0.6) is 0 Å². The number of carbonyl (C=O) groups excluding carboxylic acids is 1. The predicted molar refractivity (Wildman–Crippen MR) is 62.8 cm³/mol. The van der Waals surface area contributed by atoms with Gasteiger partial charge >= 0.3 is 0 Å². The Kier molecular flexibility index (Phi) is 4.48. The van der Waals surface area contributed by atoms with Crippen molar-refractivity contribution >= 4 is 17.7 Å². The van der Waals surface area contributed by atoms with Gasteiger partial charge in [0.05, 0.1) is 18.8 Å². The zero-order valence-electron chi connectivity index (χ0n) is 9.51. The first-order valence-corrected chi connectivity index (χ1v) is 6.33. The van der Waals surface area contributed by atoms with Gasteiger partial charge in [-0.1, -0.05) is 0 Å². The van der Waals surface area contributed by atoms with Gasteiger partial charge in [-0.2, -0.15) is 8.78 Å². The summed E-state index contributed by atoms with van der Waals surface area (Å²) in [4.78, 5) is 17.6. The van der Waals surface area contributed by atoms with Crippen molar-refractivity contribution in [2.45, 2.75) is 10.8 Å². The van der Waals surface area contributed by atoms with Crippen LogP contribution in [0.3, 0.4) is 0 Å². The van der Waals surface area contributed by atoms with Crippen LogP contribution in [0.25, 0.3) is 0 Å². The number of nitrogens with zero attached hydrogens (tertiary/aromatic N) is 2. The van der Waals surface area contributed by atoms with E-state index in [9.17, 15) is 13.6 Å². The lowest BCUT2D eigenvalue weighted by Crippen LogP contribution is -2.40. The van der Waals surface area contributed by atoms with Gasteiger partial charge in [-0.3, -0.25) is 4.79 Å². The van der Waals surface area contributed by atoms with E-state index in [1.807, 2.05) is 0 Å². The summed E-state index contributed by atoms with van der Waals surface area (Å²) in [5, 5.41) is 0.0731. The Hall–Kier alpha value is -1.21. The minimum atomic E-state index is -2.59. The molecule has 4 nitrogen and oxygen atoms in total. The predicted octanol–water partition coefficient (Wildman–Crippen LogP) is 1.87. The van der Waals surface area contributed by atoms with E-state index in [1.54, 1.807) is 11.0 Å². The van der Waals surface area contributed by atoms with Crippen LogP contribution in [0.1, 0.15) is 10.4 Å². The van der Waals surface area contributed by atoms with Gasteiger partial charge in [0.15, 0.2) is 0 Å². The maximum atomic E-state index is 12.4. The monoisotopic (exact) mass is 274 g/mol. The van der Waals surface area contributed by atoms with E-state index in [4.69, 9.17) is 4.74 Å². The molecule has 0 aromatic carbocycles. The molecule has 7 heteroatoms. The molecule has 0 spiro atoms. The summed E-state index contributed by atoms with van der Waals surface area (Å²) in [5.41, 5.74) is 0.227. The molecule has 0 radical (unpaired) electrons. The fourth-order valence-electron chi connectivity index (χ4n) is 1.67. The number of amides is 1. The number of thioether (sulfide) groups is 1. The second-order valence-electron chi connectivity index (χ2n) is 3.64. The highest BCUT2D eigenvalue weighted by Gasteiger charge is 2.23. The summed E-state index contributed by atoms with van der Waals surface area (Å²) >= 11 is 0.294. The zero-order chi connectivity index (χ0) is 13.0. The van der Waals surface area contributed by atoms with Gasteiger partial charge in [0.25, 0.3) is 11.7 Å². The molecule has 1 fully saturated rings. The van der Waals surface area contributed by atoms with Crippen molar-refractivity contribution in [3.05, 3.63) is 23.9 Å². The molecule has 1 amide bonds. The molecule has 2 rings (SSSR count). The first-order chi connectivity index (χ1) is 8.68. The maximum absolute atomic E-state index is 12.4. The largest absolute Gasteiger partial charge is 0.378 e. The Labute approximate surface area is 107 Å². The van der Waals surface area contributed by atoms with E-state index in [1.165, 1.54) is 12.3 Å². The normalized spacial score (nSPS) is 16.1. The smallest absolute Gasteiger partial charge is 0.290 e. The average Bonchev–Trinajstić information content (AvgIpc) is 2.39. The van der Waals surface area contributed by atoms with Crippen molar-refractivity contribution in [2.24, 2.45) is 0 Å². The Bertz CT molecular complexity index is 425. The highest BCUT2D eigenvalue weighted by Crippen LogP contribution is 2.27. The second kappa shape index (κ2) is 6.10. The molecular formula is C11H12F2N2O2S. The van der Waals surface area contributed by atoms with E-state index < -0.39 is 5.76 Å². The number of hydrogen-bond donors (Lipinski definition) is 0. The standard InChI is InChI=1S/C11H12F2N2O2S/c12-11(13)18-9-8(2-1-3-14-9)10(16)15-4-6-17-7-5-15/h1-3,11H,4-7H2. The van der Waals surface area contributed by atoms with Crippen LogP contribution in [0.2, 0.25) is 0 Å². The van der Waals surface area contributed by atoms with Gasteiger partial charge in [-0.05, 0) is 23.9 Å². The molecule has 18 heavy (non-hydrogen) atoms. The minimum Gasteiger partial charge on any atom is -0.378 e. The molecule has 0 N–H and O–H groups in total. The van der Waals surface area contributed by atoms with Crippen LogP contribution in [0, 0.1) is 0 Å². The molecule has 0 bridgehead atoms. The SMILES string of the molecule is O=C(c1cccnc1SC(F)F)N1CCOCC1. The highest BCUT2D eigenvalue weighted by molar-refractivity contribution is 7.99. The quantitative estimate of drug-likeness (QED) is 0.789. The molecule has 1 aliphatic heterocycles. The molecule has 0 unspecified atom stereocenters. The van der Waals surface area contributed by atoms with Gasteiger partial charge in [0, 0.05) is 19.3 Å². The molecule has 1 aliphatic rings. The van der Waals surface area contributed by atoms with Crippen molar-refractivity contribution in [3.8, 4) is 0 Å². The van der Waals surface area contributed by atoms with Crippen molar-refractivity contribution in [1.82, 2.24) is 9.88 Å². The number of morpholine rings is 1. The molecule has 1 aromatic rings. The van der Waals surface area contributed by atoms with Gasteiger partial charge in [-0.25, -0.2) is 4.98 Å². The third-order valence-electron chi connectivity index (χ3n) is 2.50. The summed E-state index contributed by atoms with van der Waals surface area (Å²) < 4.78 is 29.9. The van der Waals surface area contributed by atoms with Crippen LogP contribution < -0.4 is 0 Å². The number of ether oxygens (including phenoxy) is 1. The zero-order valence-corrected chi connectivity index (χ0v) is 10.3. The van der Waals surface area contributed by atoms with Crippen LogP contribution in [0.4, 0.5) is 8.78 Å². The number of pyridine rings is 1. The molecular weight excluding hydrogens is 262 g/mol. The first kappa shape index (κ1) is 13.2. The Morgan fingerprint density at radius 1 is 1.44 bits per heavy atom. The molecule has 0 aliphatic carbocycles. The summed E-state index contributed by atoms with van der Waals surface area (Å²) in [6.07, 6.45) is 1.40. The lowest BCUT2D eigenvalue weighted by molar-refractivity contribution is 0.0300. The fraction of sp³-hybridized carbons (Fsp3) is 0.455.